The molecule has 0 radical (unpaired) electrons. The fourth-order valence-electron chi connectivity index (χ4n) is 1.99. The second-order valence-electron chi connectivity index (χ2n) is 4.60. The minimum atomic E-state index is -3.90. The lowest BCUT2D eigenvalue weighted by atomic mass is 9.77. The molecule has 1 fully saturated rings. The van der Waals surface area contributed by atoms with E-state index in [4.69, 9.17) is 5.14 Å². The molecule has 2 rings (SSSR count). The van der Waals surface area contributed by atoms with Gasteiger partial charge in [-0.25, -0.2) is 17.9 Å². The van der Waals surface area contributed by atoms with E-state index in [0.29, 0.717) is 0 Å². The molecule has 0 spiro atoms. The molecule has 4 N–H and O–H groups in total. The minimum Gasteiger partial charge on any atom is -0.394 e. The first-order valence-corrected chi connectivity index (χ1v) is 7.12. The number of sulfonamides is 1. The van der Waals surface area contributed by atoms with Crippen molar-refractivity contribution in [3.8, 4) is 0 Å². The molecule has 1 aliphatic rings. The molecule has 1 aromatic carbocycles. The van der Waals surface area contributed by atoms with Crippen molar-refractivity contribution in [3.63, 3.8) is 0 Å². The van der Waals surface area contributed by atoms with Crippen molar-refractivity contribution in [2.24, 2.45) is 5.14 Å². The third-order valence-corrected chi connectivity index (χ3v) is 4.19. The fraction of sp³-hybridized carbons (Fsp3) is 0.455. The van der Waals surface area contributed by atoms with E-state index in [-0.39, 0.29) is 17.2 Å². The summed E-state index contributed by atoms with van der Waals surface area (Å²) in [4.78, 5) is -0.266. The van der Waals surface area contributed by atoms with Gasteiger partial charge in [-0.3, -0.25) is 0 Å². The van der Waals surface area contributed by atoms with Gasteiger partial charge < -0.3 is 10.4 Å². The molecule has 1 saturated carbocycles. The highest BCUT2D eigenvalue weighted by atomic mass is 32.2. The summed E-state index contributed by atoms with van der Waals surface area (Å²) in [5, 5.41) is 17.1. The van der Waals surface area contributed by atoms with Gasteiger partial charge in [-0.1, -0.05) is 0 Å². The lowest BCUT2D eigenvalue weighted by molar-refractivity contribution is 0.144. The van der Waals surface area contributed by atoms with Gasteiger partial charge >= 0.3 is 0 Å². The third kappa shape index (κ3) is 2.47. The smallest absolute Gasteiger partial charge is 0.238 e. The minimum absolute atomic E-state index is 0.0800. The van der Waals surface area contributed by atoms with E-state index >= 15 is 0 Å². The van der Waals surface area contributed by atoms with Crippen LogP contribution in [0.3, 0.4) is 0 Å². The molecule has 0 heterocycles. The number of aliphatic hydroxyl groups is 1. The SMILES string of the molecule is NS(=O)(=O)c1ccc(NC2(CO)CCC2)c(F)c1. The van der Waals surface area contributed by atoms with Crippen LogP contribution in [-0.2, 0) is 10.0 Å². The summed E-state index contributed by atoms with van der Waals surface area (Å²) in [6.07, 6.45) is 2.50. The Morgan fingerprint density at radius 2 is 2.11 bits per heavy atom. The number of anilines is 1. The van der Waals surface area contributed by atoms with Crippen LogP contribution in [0.2, 0.25) is 0 Å². The number of halogens is 1. The van der Waals surface area contributed by atoms with E-state index in [0.717, 1.165) is 25.3 Å². The first-order valence-electron chi connectivity index (χ1n) is 5.58. The Morgan fingerprint density at radius 1 is 1.44 bits per heavy atom. The maximum Gasteiger partial charge on any atom is 0.238 e. The van der Waals surface area contributed by atoms with Gasteiger partial charge in [0.05, 0.1) is 22.7 Å². The molecule has 100 valence electrons. The van der Waals surface area contributed by atoms with Gasteiger partial charge in [0, 0.05) is 0 Å². The molecule has 0 atom stereocenters. The summed E-state index contributed by atoms with van der Waals surface area (Å²) in [7, 11) is -3.90. The van der Waals surface area contributed by atoms with Crippen molar-refractivity contribution in [1.29, 1.82) is 0 Å². The van der Waals surface area contributed by atoms with Crippen LogP contribution in [0.5, 0.6) is 0 Å². The van der Waals surface area contributed by atoms with Gasteiger partial charge in [-0.15, -0.1) is 0 Å². The van der Waals surface area contributed by atoms with Crippen LogP contribution >= 0.6 is 0 Å². The molecule has 0 unspecified atom stereocenters. The van der Waals surface area contributed by atoms with Gasteiger partial charge in [0.15, 0.2) is 0 Å². The molecule has 0 aromatic heterocycles. The van der Waals surface area contributed by atoms with Crippen molar-refractivity contribution < 1.29 is 17.9 Å². The number of hydrogen-bond acceptors (Lipinski definition) is 4. The standard InChI is InChI=1S/C11H15FN2O3S/c12-9-6-8(18(13,16)17)2-3-10(9)14-11(7-15)4-1-5-11/h2-3,6,14-15H,1,4-5,7H2,(H2,13,16,17). The lowest BCUT2D eigenvalue weighted by Crippen LogP contribution is -2.48. The molecule has 0 bridgehead atoms. The van der Waals surface area contributed by atoms with E-state index in [1.165, 1.54) is 12.1 Å². The van der Waals surface area contributed by atoms with E-state index in [9.17, 15) is 17.9 Å². The van der Waals surface area contributed by atoms with Crippen molar-refractivity contribution in [1.82, 2.24) is 0 Å². The summed E-state index contributed by atoms with van der Waals surface area (Å²) >= 11 is 0. The third-order valence-electron chi connectivity index (χ3n) is 3.28. The molecule has 0 amide bonds. The largest absolute Gasteiger partial charge is 0.394 e. The number of nitrogens with one attached hydrogen (secondary N) is 1. The Hall–Kier alpha value is -1.18. The average Bonchev–Trinajstić information content (AvgIpc) is 2.24. The summed E-state index contributed by atoms with van der Waals surface area (Å²) in [6.45, 7) is -0.0800. The Morgan fingerprint density at radius 3 is 2.50 bits per heavy atom. The zero-order valence-corrected chi connectivity index (χ0v) is 10.5. The Labute approximate surface area is 105 Å². The van der Waals surface area contributed by atoms with Gasteiger partial charge in [-0.05, 0) is 37.5 Å². The molecule has 0 aliphatic heterocycles. The van der Waals surface area contributed by atoms with Gasteiger partial charge in [0.1, 0.15) is 5.82 Å². The average molecular weight is 274 g/mol. The van der Waals surface area contributed by atoms with E-state index in [1.807, 2.05) is 0 Å². The van der Waals surface area contributed by atoms with Gasteiger partial charge in [0.2, 0.25) is 10.0 Å². The van der Waals surface area contributed by atoms with Crippen LogP contribution in [0, 0.1) is 5.82 Å². The number of benzene rings is 1. The number of hydrogen-bond donors (Lipinski definition) is 3. The highest BCUT2D eigenvalue weighted by molar-refractivity contribution is 7.89. The summed E-state index contributed by atoms with van der Waals surface area (Å²) in [6, 6.07) is 3.44. The monoisotopic (exact) mass is 274 g/mol. The zero-order valence-electron chi connectivity index (χ0n) is 9.69. The molecule has 7 heteroatoms. The van der Waals surface area contributed by atoms with Crippen LogP contribution in [-0.4, -0.2) is 25.7 Å². The predicted octanol–water partition coefficient (Wildman–Crippen LogP) is 0.800. The van der Waals surface area contributed by atoms with Crippen molar-refractivity contribution in [3.05, 3.63) is 24.0 Å². The number of nitrogens with two attached hydrogens (primary N) is 1. The highest BCUT2D eigenvalue weighted by Gasteiger charge is 2.36. The van der Waals surface area contributed by atoms with E-state index in [1.54, 1.807) is 0 Å². The maximum atomic E-state index is 13.7. The molecular formula is C11H15FN2O3S. The van der Waals surface area contributed by atoms with Gasteiger partial charge in [0.25, 0.3) is 0 Å². The van der Waals surface area contributed by atoms with E-state index in [2.05, 4.69) is 5.32 Å². The second-order valence-corrected chi connectivity index (χ2v) is 6.17. The zero-order chi connectivity index (χ0) is 13.4. The van der Waals surface area contributed by atoms with Crippen LogP contribution in [0.25, 0.3) is 0 Å². The van der Waals surface area contributed by atoms with Crippen LogP contribution in [0.4, 0.5) is 10.1 Å². The van der Waals surface area contributed by atoms with E-state index < -0.39 is 21.4 Å². The number of aliphatic hydroxyl groups excluding tert-OH is 1. The van der Waals surface area contributed by atoms with Crippen LogP contribution in [0.15, 0.2) is 23.1 Å². The van der Waals surface area contributed by atoms with Crippen molar-refractivity contribution >= 4 is 15.7 Å². The van der Waals surface area contributed by atoms with Crippen LogP contribution in [0.1, 0.15) is 19.3 Å². The van der Waals surface area contributed by atoms with Crippen LogP contribution < -0.4 is 10.5 Å². The highest BCUT2D eigenvalue weighted by Crippen LogP contribution is 2.35. The molecular weight excluding hydrogens is 259 g/mol. The fourth-order valence-corrected chi connectivity index (χ4v) is 2.51. The Bertz CT molecular complexity index is 550. The Balaban J connectivity index is 2.25. The molecule has 18 heavy (non-hydrogen) atoms. The quantitative estimate of drug-likeness (QED) is 0.757. The molecule has 5 nitrogen and oxygen atoms in total. The molecule has 0 saturated heterocycles. The normalized spacial score (nSPS) is 18.2. The molecule has 1 aromatic rings. The first kappa shape index (κ1) is 13.3. The molecule has 1 aliphatic carbocycles. The topological polar surface area (TPSA) is 92.4 Å². The van der Waals surface area contributed by atoms with Gasteiger partial charge in [-0.2, -0.15) is 0 Å². The Kier molecular flexibility index (Phi) is 3.31. The summed E-state index contributed by atoms with van der Waals surface area (Å²) < 4.78 is 35.9. The van der Waals surface area contributed by atoms with Crippen molar-refractivity contribution in [2.45, 2.75) is 29.7 Å². The maximum absolute atomic E-state index is 13.7. The lowest BCUT2D eigenvalue weighted by Gasteiger charge is -2.41. The van der Waals surface area contributed by atoms with Crippen molar-refractivity contribution in [2.75, 3.05) is 11.9 Å². The number of primary sulfonamides is 1. The summed E-state index contributed by atoms with van der Waals surface area (Å²) in [5.41, 5.74) is -0.305. The number of rotatable bonds is 4. The second kappa shape index (κ2) is 4.49. The predicted molar refractivity (Wildman–Crippen MR) is 65.1 cm³/mol. The summed E-state index contributed by atoms with van der Waals surface area (Å²) in [5.74, 6) is -0.693. The first-order chi connectivity index (χ1) is 8.36.